The lowest BCUT2D eigenvalue weighted by Crippen LogP contribution is -2.10. The van der Waals surface area contributed by atoms with Gasteiger partial charge >= 0.3 is 0 Å². The average molecular weight is 602 g/mol. The highest BCUT2D eigenvalue weighted by atomic mass is 16.3. The molecule has 2 heterocycles. The number of nitrogens with zero attached hydrogens (tertiary/aromatic N) is 1. The van der Waals surface area contributed by atoms with Gasteiger partial charge in [-0.15, -0.1) is 0 Å². The summed E-state index contributed by atoms with van der Waals surface area (Å²) in [6, 6.07) is 57.6. The molecule has 0 saturated carbocycles. The summed E-state index contributed by atoms with van der Waals surface area (Å²) in [5.74, 6) is 0. The van der Waals surface area contributed by atoms with Gasteiger partial charge in [0, 0.05) is 44.2 Å². The van der Waals surface area contributed by atoms with Crippen LogP contribution in [-0.4, -0.2) is 0 Å². The SMILES string of the molecule is c1ccc(-c2cccc3c2oc2c(N(c4ccccc4)c4cc5oc6cc7ccccc7cc6c5c5ccccc45)cccc23)cc1. The van der Waals surface area contributed by atoms with Crippen molar-refractivity contribution in [3.63, 3.8) is 0 Å². The van der Waals surface area contributed by atoms with Crippen molar-refractivity contribution in [1.29, 1.82) is 0 Å². The second-order valence-electron chi connectivity index (χ2n) is 12.1. The average Bonchev–Trinajstić information content (AvgIpc) is 3.70. The Kier molecular flexibility index (Phi) is 5.57. The summed E-state index contributed by atoms with van der Waals surface area (Å²) >= 11 is 0. The van der Waals surface area contributed by atoms with Crippen LogP contribution >= 0.6 is 0 Å². The fourth-order valence-corrected chi connectivity index (χ4v) is 7.30. The summed E-state index contributed by atoms with van der Waals surface area (Å²) in [5.41, 5.74) is 8.72. The lowest BCUT2D eigenvalue weighted by Gasteiger charge is -2.27. The predicted molar refractivity (Wildman–Crippen MR) is 196 cm³/mol. The third-order valence-electron chi connectivity index (χ3n) is 9.41. The fourth-order valence-electron chi connectivity index (χ4n) is 7.30. The molecule has 0 aliphatic rings. The maximum Gasteiger partial charge on any atom is 0.159 e. The molecular formula is C44H27NO2. The molecule has 10 aromatic rings. The van der Waals surface area contributed by atoms with E-state index in [1.54, 1.807) is 0 Å². The molecule has 0 radical (unpaired) electrons. The van der Waals surface area contributed by atoms with E-state index in [-0.39, 0.29) is 0 Å². The van der Waals surface area contributed by atoms with E-state index in [1.807, 2.05) is 6.07 Å². The first-order valence-electron chi connectivity index (χ1n) is 15.9. The Morgan fingerprint density at radius 3 is 1.83 bits per heavy atom. The number of hydrogen-bond donors (Lipinski definition) is 0. The van der Waals surface area contributed by atoms with Gasteiger partial charge in [-0.05, 0) is 52.1 Å². The molecule has 0 bridgehead atoms. The predicted octanol–water partition coefficient (Wildman–Crippen LogP) is 12.9. The number of benzene rings is 8. The standard InChI is InChI=1S/C44H27NO2/c1-3-13-28(14-4-1)32-21-11-22-35-36-23-12-24-38(44(36)47-43(32)35)45(31-17-5-2-6-18-31)39-27-41-42(34-20-10-9-19-33(34)39)37-25-29-15-7-8-16-30(29)26-40(37)46-41/h1-27H. The van der Waals surface area contributed by atoms with Crippen LogP contribution in [0.5, 0.6) is 0 Å². The van der Waals surface area contributed by atoms with Gasteiger partial charge in [-0.1, -0.05) is 127 Å². The van der Waals surface area contributed by atoms with E-state index >= 15 is 0 Å². The number of furan rings is 2. The Hall–Kier alpha value is -6.32. The highest BCUT2D eigenvalue weighted by Gasteiger charge is 2.24. The van der Waals surface area contributed by atoms with Crippen LogP contribution in [0.15, 0.2) is 173 Å². The second-order valence-corrected chi connectivity index (χ2v) is 12.1. The molecular weight excluding hydrogens is 574 g/mol. The van der Waals surface area contributed by atoms with Gasteiger partial charge in [0.05, 0.1) is 11.4 Å². The molecule has 8 aromatic carbocycles. The van der Waals surface area contributed by atoms with Crippen molar-refractivity contribution >= 4 is 82.5 Å². The van der Waals surface area contributed by atoms with E-state index in [9.17, 15) is 0 Å². The summed E-state index contributed by atoms with van der Waals surface area (Å²) in [5, 5.41) is 9.09. The quantitative estimate of drug-likeness (QED) is 0.201. The summed E-state index contributed by atoms with van der Waals surface area (Å²) in [4.78, 5) is 2.32. The maximum absolute atomic E-state index is 6.92. The Morgan fingerprint density at radius 2 is 1.02 bits per heavy atom. The van der Waals surface area contributed by atoms with Gasteiger partial charge < -0.3 is 13.7 Å². The molecule has 0 aliphatic heterocycles. The van der Waals surface area contributed by atoms with Crippen LogP contribution in [0, 0.1) is 0 Å². The van der Waals surface area contributed by atoms with Gasteiger partial charge in [0.15, 0.2) is 5.58 Å². The minimum atomic E-state index is 0.842. The van der Waals surface area contributed by atoms with Crippen molar-refractivity contribution < 1.29 is 8.83 Å². The van der Waals surface area contributed by atoms with Crippen molar-refractivity contribution in [3.8, 4) is 11.1 Å². The van der Waals surface area contributed by atoms with Crippen molar-refractivity contribution in [1.82, 2.24) is 0 Å². The number of rotatable bonds is 4. The van der Waals surface area contributed by atoms with E-state index in [1.165, 1.54) is 10.8 Å². The van der Waals surface area contributed by atoms with Gasteiger partial charge in [0.1, 0.15) is 16.7 Å². The molecule has 0 amide bonds. The smallest absolute Gasteiger partial charge is 0.159 e. The summed E-state index contributed by atoms with van der Waals surface area (Å²) in [6.07, 6.45) is 0. The van der Waals surface area contributed by atoms with Crippen molar-refractivity contribution in [3.05, 3.63) is 164 Å². The number of anilines is 3. The Balaban J connectivity index is 1.29. The number of fused-ring (bicyclic) bond motifs is 9. The molecule has 3 heteroatoms. The second kappa shape index (κ2) is 10.1. The van der Waals surface area contributed by atoms with E-state index in [0.29, 0.717) is 0 Å². The van der Waals surface area contributed by atoms with Gasteiger partial charge in [0.25, 0.3) is 0 Å². The van der Waals surface area contributed by atoms with Crippen LogP contribution in [0.1, 0.15) is 0 Å². The molecule has 0 fully saturated rings. The maximum atomic E-state index is 6.92. The van der Waals surface area contributed by atoms with E-state index in [2.05, 4.69) is 163 Å². The molecule has 0 aliphatic carbocycles. The first-order valence-corrected chi connectivity index (χ1v) is 15.9. The highest BCUT2D eigenvalue weighted by molar-refractivity contribution is 6.24. The summed E-state index contributed by atoms with van der Waals surface area (Å²) in [7, 11) is 0. The zero-order chi connectivity index (χ0) is 30.9. The molecule has 220 valence electrons. The van der Waals surface area contributed by atoms with Gasteiger partial charge in [-0.25, -0.2) is 0 Å². The van der Waals surface area contributed by atoms with E-state index < -0.39 is 0 Å². The Bertz CT molecular complexity index is 2790. The zero-order valence-electron chi connectivity index (χ0n) is 25.4. The highest BCUT2D eigenvalue weighted by Crippen LogP contribution is 2.48. The molecule has 0 spiro atoms. The van der Waals surface area contributed by atoms with Crippen LogP contribution in [0.2, 0.25) is 0 Å². The molecule has 0 atom stereocenters. The lowest BCUT2D eigenvalue weighted by molar-refractivity contribution is 0.668. The minimum Gasteiger partial charge on any atom is -0.456 e. The molecule has 0 unspecified atom stereocenters. The van der Waals surface area contributed by atoms with Crippen LogP contribution in [0.4, 0.5) is 17.1 Å². The van der Waals surface area contributed by atoms with Crippen LogP contribution < -0.4 is 4.90 Å². The molecule has 10 rings (SSSR count). The van der Waals surface area contributed by atoms with Gasteiger partial charge in [-0.2, -0.15) is 0 Å². The molecule has 0 N–H and O–H groups in total. The van der Waals surface area contributed by atoms with Gasteiger partial charge in [0.2, 0.25) is 0 Å². The van der Waals surface area contributed by atoms with Crippen molar-refractivity contribution in [2.75, 3.05) is 4.90 Å². The van der Waals surface area contributed by atoms with E-state index in [0.717, 1.165) is 82.8 Å². The molecule has 0 saturated heterocycles. The van der Waals surface area contributed by atoms with Crippen LogP contribution in [0.3, 0.4) is 0 Å². The summed E-state index contributed by atoms with van der Waals surface area (Å²) < 4.78 is 13.6. The largest absolute Gasteiger partial charge is 0.456 e. The zero-order valence-corrected chi connectivity index (χ0v) is 25.4. The number of para-hydroxylation sites is 3. The summed E-state index contributed by atoms with van der Waals surface area (Å²) in [6.45, 7) is 0. The van der Waals surface area contributed by atoms with Crippen LogP contribution in [-0.2, 0) is 0 Å². The third-order valence-corrected chi connectivity index (χ3v) is 9.41. The topological polar surface area (TPSA) is 29.5 Å². The first-order chi connectivity index (χ1) is 23.3. The number of hydrogen-bond acceptors (Lipinski definition) is 3. The Morgan fingerprint density at radius 1 is 0.383 bits per heavy atom. The molecule has 2 aromatic heterocycles. The third kappa shape index (κ3) is 3.93. The fraction of sp³-hybridized carbons (Fsp3) is 0. The van der Waals surface area contributed by atoms with Crippen LogP contribution in [0.25, 0.3) is 76.5 Å². The van der Waals surface area contributed by atoms with Crippen molar-refractivity contribution in [2.24, 2.45) is 0 Å². The monoisotopic (exact) mass is 601 g/mol. The Labute approximate surface area is 270 Å². The van der Waals surface area contributed by atoms with E-state index in [4.69, 9.17) is 8.83 Å². The normalized spacial score (nSPS) is 11.8. The molecule has 3 nitrogen and oxygen atoms in total. The molecule has 47 heavy (non-hydrogen) atoms. The minimum absolute atomic E-state index is 0.842. The lowest BCUT2D eigenvalue weighted by atomic mass is 9.99. The van der Waals surface area contributed by atoms with Gasteiger partial charge in [-0.3, -0.25) is 0 Å². The first kappa shape index (κ1) is 26.0. The van der Waals surface area contributed by atoms with Crippen molar-refractivity contribution in [2.45, 2.75) is 0 Å².